The number of rotatable bonds is 7. The van der Waals surface area contributed by atoms with Gasteiger partial charge in [0.05, 0.1) is 17.2 Å². The molecule has 0 spiro atoms. The molecule has 4 nitrogen and oxygen atoms in total. The van der Waals surface area contributed by atoms with Gasteiger partial charge in [-0.15, -0.1) is 0 Å². The molecule has 1 heterocycles. The molecule has 0 N–H and O–H groups in total. The quantitative estimate of drug-likeness (QED) is 0.199. The van der Waals surface area contributed by atoms with Crippen molar-refractivity contribution in [2.24, 2.45) is 0 Å². The molecule has 0 bridgehead atoms. The summed E-state index contributed by atoms with van der Waals surface area (Å²) in [5, 5.41) is 2.38. The molecule has 0 saturated carbocycles. The third-order valence-electron chi connectivity index (χ3n) is 5.63. The zero-order chi connectivity index (χ0) is 24.2. The minimum Gasteiger partial charge on any atom is -0.494 e. The van der Waals surface area contributed by atoms with Crippen LogP contribution in [0.15, 0.2) is 95.9 Å². The van der Waals surface area contributed by atoms with Crippen LogP contribution in [0, 0.1) is 0 Å². The second-order valence-electron chi connectivity index (χ2n) is 7.94. The number of amides is 1. The number of nitrogens with zero attached hydrogens (tertiary/aromatic N) is 1. The lowest BCUT2D eigenvalue weighted by atomic mass is 10.1. The van der Waals surface area contributed by atoms with E-state index >= 15 is 0 Å². The molecule has 1 aliphatic rings. The maximum Gasteiger partial charge on any atom is 0.270 e. The Morgan fingerprint density at radius 2 is 1.66 bits per heavy atom. The summed E-state index contributed by atoms with van der Waals surface area (Å²) < 4.78 is 12.1. The molecule has 1 fully saturated rings. The van der Waals surface area contributed by atoms with E-state index in [9.17, 15) is 4.79 Å². The monoisotopic (exact) mass is 497 g/mol. The van der Waals surface area contributed by atoms with Gasteiger partial charge < -0.3 is 9.47 Å². The molecule has 1 saturated heterocycles. The minimum atomic E-state index is -0.133. The normalized spacial score (nSPS) is 14.7. The van der Waals surface area contributed by atoms with Gasteiger partial charge in [-0.1, -0.05) is 78.6 Å². The van der Waals surface area contributed by atoms with Crippen molar-refractivity contribution in [1.82, 2.24) is 0 Å². The van der Waals surface area contributed by atoms with Crippen molar-refractivity contribution in [3.8, 4) is 11.5 Å². The van der Waals surface area contributed by atoms with E-state index < -0.39 is 0 Å². The molecular weight excluding hydrogens is 474 g/mol. The van der Waals surface area contributed by atoms with Crippen molar-refractivity contribution in [3.63, 3.8) is 0 Å². The van der Waals surface area contributed by atoms with Crippen molar-refractivity contribution in [2.45, 2.75) is 13.5 Å². The van der Waals surface area contributed by atoms with Gasteiger partial charge in [0.1, 0.15) is 18.1 Å². The Morgan fingerprint density at radius 3 is 2.49 bits per heavy atom. The first-order valence-corrected chi connectivity index (χ1v) is 12.5. The van der Waals surface area contributed by atoms with Crippen LogP contribution in [0.4, 0.5) is 5.69 Å². The second kappa shape index (κ2) is 10.3. The SMILES string of the molecule is CCOc1ccc(N2C(=O)/C(=C\c3cccc(OCc4cccc5ccccc45)c3)SC2=S)cc1. The Hall–Kier alpha value is -3.61. The topological polar surface area (TPSA) is 38.8 Å². The average molecular weight is 498 g/mol. The highest BCUT2D eigenvalue weighted by molar-refractivity contribution is 8.27. The van der Waals surface area contributed by atoms with E-state index in [0.29, 0.717) is 22.4 Å². The molecule has 0 radical (unpaired) electrons. The van der Waals surface area contributed by atoms with Gasteiger partial charge in [0.2, 0.25) is 0 Å². The van der Waals surface area contributed by atoms with Crippen LogP contribution in [0.3, 0.4) is 0 Å². The summed E-state index contributed by atoms with van der Waals surface area (Å²) in [5.41, 5.74) is 2.74. The van der Waals surface area contributed by atoms with Gasteiger partial charge >= 0.3 is 0 Å². The second-order valence-corrected chi connectivity index (χ2v) is 9.62. The standard InChI is InChI=1S/C29H23NO3S2/c1-2-32-24-15-13-23(14-16-24)30-28(31)27(35-29(30)34)18-20-7-5-11-25(17-20)33-19-22-10-6-9-21-8-3-4-12-26(21)22/h3-18H,2,19H2,1H3/b27-18+. The molecule has 5 rings (SSSR count). The zero-order valence-corrected chi connectivity index (χ0v) is 20.8. The zero-order valence-electron chi connectivity index (χ0n) is 19.1. The Balaban J connectivity index is 1.32. The summed E-state index contributed by atoms with van der Waals surface area (Å²) in [4.78, 5) is 15.3. The Morgan fingerprint density at radius 1 is 0.886 bits per heavy atom. The van der Waals surface area contributed by atoms with Crippen molar-refractivity contribution < 1.29 is 14.3 Å². The van der Waals surface area contributed by atoms with Crippen LogP contribution < -0.4 is 14.4 Å². The number of hydrogen-bond donors (Lipinski definition) is 0. The third-order valence-corrected chi connectivity index (χ3v) is 6.93. The number of carbonyl (C=O) groups is 1. The van der Waals surface area contributed by atoms with Gasteiger partial charge in [-0.25, -0.2) is 0 Å². The van der Waals surface area contributed by atoms with Crippen LogP contribution in [-0.2, 0) is 11.4 Å². The summed E-state index contributed by atoms with van der Waals surface area (Å²) in [6, 6.07) is 29.6. The van der Waals surface area contributed by atoms with Gasteiger partial charge in [-0.2, -0.15) is 0 Å². The first-order valence-electron chi connectivity index (χ1n) is 11.3. The lowest BCUT2D eigenvalue weighted by Gasteiger charge is -2.15. The van der Waals surface area contributed by atoms with Gasteiger partial charge in [0.15, 0.2) is 4.32 Å². The predicted molar refractivity (Wildman–Crippen MR) is 148 cm³/mol. The van der Waals surface area contributed by atoms with Crippen LogP contribution in [0.5, 0.6) is 11.5 Å². The largest absolute Gasteiger partial charge is 0.494 e. The molecule has 0 aromatic heterocycles. The van der Waals surface area contributed by atoms with E-state index in [1.165, 1.54) is 22.5 Å². The van der Waals surface area contributed by atoms with Crippen molar-refractivity contribution >= 4 is 56.7 Å². The van der Waals surface area contributed by atoms with Crippen LogP contribution in [0.1, 0.15) is 18.1 Å². The molecule has 1 aliphatic heterocycles. The highest BCUT2D eigenvalue weighted by atomic mass is 32.2. The van der Waals surface area contributed by atoms with E-state index in [1.54, 1.807) is 4.90 Å². The van der Waals surface area contributed by atoms with Gasteiger partial charge in [0, 0.05) is 0 Å². The summed E-state index contributed by atoms with van der Waals surface area (Å²) in [6.07, 6.45) is 1.86. The van der Waals surface area contributed by atoms with Crippen LogP contribution >= 0.6 is 24.0 Å². The average Bonchev–Trinajstić information content (AvgIpc) is 3.16. The summed E-state index contributed by atoms with van der Waals surface area (Å²) >= 11 is 6.81. The fraction of sp³-hybridized carbons (Fsp3) is 0.103. The molecule has 4 aromatic rings. The fourth-order valence-corrected chi connectivity index (χ4v) is 5.27. The molecule has 174 valence electrons. The first-order chi connectivity index (χ1) is 17.1. The predicted octanol–water partition coefficient (Wildman–Crippen LogP) is 7.22. The molecular formula is C29H23NO3S2. The summed E-state index contributed by atoms with van der Waals surface area (Å²) in [7, 11) is 0. The van der Waals surface area contributed by atoms with Crippen molar-refractivity contribution in [3.05, 3.63) is 107 Å². The molecule has 1 amide bonds. The number of carbonyl (C=O) groups excluding carboxylic acids is 1. The molecule has 0 atom stereocenters. The number of ether oxygens (including phenoxy) is 2. The molecule has 6 heteroatoms. The lowest BCUT2D eigenvalue weighted by Crippen LogP contribution is -2.27. The van der Waals surface area contributed by atoms with Crippen LogP contribution in [0.2, 0.25) is 0 Å². The lowest BCUT2D eigenvalue weighted by molar-refractivity contribution is -0.113. The van der Waals surface area contributed by atoms with Crippen molar-refractivity contribution in [2.75, 3.05) is 11.5 Å². The van der Waals surface area contributed by atoms with E-state index in [0.717, 1.165) is 28.3 Å². The van der Waals surface area contributed by atoms with E-state index in [4.69, 9.17) is 21.7 Å². The maximum absolute atomic E-state index is 13.1. The Kier molecular flexibility index (Phi) is 6.84. The Labute approximate surface area is 214 Å². The number of hydrogen-bond acceptors (Lipinski definition) is 5. The summed E-state index contributed by atoms with van der Waals surface area (Å²) in [6.45, 7) is 2.99. The van der Waals surface area contributed by atoms with Crippen LogP contribution in [-0.4, -0.2) is 16.8 Å². The third kappa shape index (κ3) is 5.09. The first kappa shape index (κ1) is 23.1. The van der Waals surface area contributed by atoms with Gasteiger partial charge in [-0.3, -0.25) is 9.69 Å². The fourth-order valence-electron chi connectivity index (χ4n) is 3.97. The maximum atomic E-state index is 13.1. The van der Waals surface area contributed by atoms with Gasteiger partial charge in [-0.05, 0) is 71.3 Å². The number of anilines is 1. The molecule has 35 heavy (non-hydrogen) atoms. The minimum absolute atomic E-state index is 0.133. The molecule has 4 aromatic carbocycles. The van der Waals surface area contributed by atoms with Crippen LogP contribution in [0.25, 0.3) is 16.8 Å². The highest BCUT2D eigenvalue weighted by Crippen LogP contribution is 2.37. The van der Waals surface area contributed by atoms with Crippen molar-refractivity contribution in [1.29, 1.82) is 0 Å². The summed E-state index contributed by atoms with van der Waals surface area (Å²) in [5.74, 6) is 1.37. The number of benzene rings is 4. The molecule has 0 unspecified atom stereocenters. The molecule has 0 aliphatic carbocycles. The van der Waals surface area contributed by atoms with E-state index in [1.807, 2.05) is 79.7 Å². The number of thioether (sulfide) groups is 1. The Bertz CT molecular complexity index is 1420. The highest BCUT2D eigenvalue weighted by Gasteiger charge is 2.33. The van der Waals surface area contributed by atoms with E-state index in [2.05, 4.69) is 24.3 Å². The smallest absolute Gasteiger partial charge is 0.270 e. The van der Waals surface area contributed by atoms with Gasteiger partial charge in [0.25, 0.3) is 5.91 Å². The van der Waals surface area contributed by atoms with E-state index in [-0.39, 0.29) is 5.91 Å². The number of thiocarbonyl (C=S) groups is 1. The number of fused-ring (bicyclic) bond motifs is 1.